The van der Waals surface area contributed by atoms with Crippen molar-refractivity contribution < 1.29 is 14.3 Å². The highest BCUT2D eigenvalue weighted by molar-refractivity contribution is 5.97. The van der Waals surface area contributed by atoms with Gasteiger partial charge >= 0.3 is 5.97 Å². The molecule has 1 unspecified atom stereocenters. The predicted octanol–water partition coefficient (Wildman–Crippen LogP) is 2.70. The van der Waals surface area contributed by atoms with E-state index in [1.807, 2.05) is 25.1 Å². The molecule has 7 nitrogen and oxygen atoms in total. The summed E-state index contributed by atoms with van der Waals surface area (Å²) in [4.78, 5) is 28.7. The molecule has 0 aliphatic carbocycles. The second-order valence-corrected chi connectivity index (χ2v) is 5.83. The molecular weight excluding hydrogens is 332 g/mol. The maximum Gasteiger partial charge on any atom is 0.359 e. The molecule has 3 rings (SSSR count). The number of fused-ring (bicyclic) bond motifs is 1. The van der Waals surface area contributed by atoms with E-state index >= 15 is 0 Å². The highest BCUT2D eigenvalue weighted by atomic mass is 16.5. The minimum atomic E-state index is -1.01. The number of rotatable bonds is 4. The number of imidazole rings is 1. The van der Waals surface area contributed by atoms with Crippen LogP contribution in [0.3, 0.4) is 0 Å². The Balaban J connectivity index is 1.67. The van der Waals surface area contributed by atoms with Crippen LogP contribution in [0, 0.1) is 18.3 Å². The van der Waals surface area contributed by atoms with Crippen LogP contribution in [0.5, 0.6) is 0 Å². The van der Waals surface area contributed by atoms with Crippen molar-refractivity contribution in [2.75, 3.05) is 5.32 Å². The highest BCUT2D eigenvalue weighted by Crippen LogP contribution is 2.12. The lowest BCUT2D eigenvalue weighted by atomic mass is 10.2. The average Bonchev–Trinajstić information content (AvgIpc) is 3.05. The number of nitriles is 1. The Morgan fingerprint density at radius 2 is 2.12 bits per heavy atom. The van der Waals surface area contributed by atoms with Gasteiger partial charge in [0.1, 0.15) is 5.65 Å². The fourth-order valence-electron chi connectivity index (χ4n) is 2.37. The van der Waals surface area contributed by atoms with Crippen LogP contribution in [0.1, 0.15) is 28.5 Å². The van der Waals surface area contributed by atoms with Crippen LogP contribution in [0.4, 0.5) is 5.69 Å². The molecule has 1 atom stereocenters. The summed E-state index contributed by atoms with van der Waals surface area (Å²) in [5, 5.41) is 11.5. The molecule has 0 aliphatic heterocycles. The van der Waals surface area contributed by atoms with E-state index in [4.69, 9.17) is 10.00 Å². The second kappa shape index (κ2) is 7.07. The van der Waals surface area contributed by atoms with Crippen molar-refractivity contribution in [1.29, 1.82) is 5.26 Å². The molecule has 26 heavy (non-hydrogen) atoms. The smallest absolute Gasteiger partial charge is 0.359 e. The Morgan fingerprint density at radius 3 is 2.88 bits per heavy atom. The van der Waals surface area contributed by atoms with E-state index in [1.54, 1.807) is 35.0 Å². The van der Waals surface area contributed by atoms with Crippen molar-refractivity contribution in [3.63, 3.8) is 0 Å². The normalized spacial score (nSPS) is 11.6. The topological polar surface area (TPSA) is 96.5 Å². The van der Waals surface area contributed by atoms with E-state index in [0.717, 1.165) is 5.56 Å². The Morgan fingerprint density at radius 1 is 1.31 bits per heavy atom. The third-order valence-electron chi connectivity index (χ3n) is 3.74. The van der Waals surface area contributed by atoms with Crippen molar-refractivity contribution in [3.8, 4) is 6.07 Å². The minimum absolute atomic E-state index is 0.127. The van der Waals surface area contributed by atoms with Gasteiger partial charge in [0.25, 0.3) is 5.91 Å². The van der Waals surface area contributed by atoms with Crippen LogP contribution >= 0.6 is 0 Å². The van der Waals surface area contributed by atoms with E-state index in [-0.39, 0.29) is 5.69 Å². The maximum atomic E-state index is 12.2. The molecule has 0 fully saturated rings. The van der Waals surface area contributed by atoms with Crippen LogP contribution < -0.4 is 5.32 Å². The first-order valence-corrected chi connectivity index (χ1v) is 7.93. The zero-order valence-electron chi connectivity index (χ0n) is 14.3. The lowest BCUT2D eigenvalue weighted by Crippen LogP contribution is -2.30. The molecular formula is C19H16N4O3. The number of hydrogen-bond donors (Lipinski definition) is 1. The third kappa shape index (κ3) is 3.70. The van der Waals surface area contributed by atoms with Crippen LogP contribution in [0.25, 0.3) is 5.65 Å². The molecule has 0 bridgehead atoms. The molecule has 1 N–H and O–H groups in total. The van der Waals surface area contributed by atoms with Crippen LogP contribution in [0.2, 0.25) is 0 Å². The lowest BCUT2D eigenvalue weighted by molar-refractivity contribution is -0.123. The number of benzene rings is 1. The number of ether oxygens (including phenoxy) is 1. The van der Waals surface area contributed by atoms with Gasteiger partial charge in [-0.25, -0.2) is 9.78 Å². The molecule has 2 aromatic heterocycles. The summed E-state index contributed by atoms with van der Waals surface area (Å²) in [5.41, 5.74) is 2.66. The van der Waals surface area contributed by atoms with Gasteiger partial charge < -0.3 is 14.5 Å². The fourth-order valence-corrected chi connectivity index (χ4v) is 2.37. The number of aromatic nitrogens is 2. The first-order chi connectivity index (χ1) is 12.5. The number of anilines is 1. The molecule has 3 aromatic rings. The molecule has 1 amide bonds. The number of amides is 1. The standard InChI is InChI=1S/C19H16N4O3/c1-12-6-7-23-11-16(22-17(23)8-12)19(25)26-13(2)18(24)21-15-5-3-4-14(9-15)10-20/h3-9,11,13H,1-2H3,(H,21,24). The number of hydrogen-bond acceptors (Lipinski definition) is 5. The largest absolute Gasteiger partial charge is 0.448 e. The van der Waals surface area contributed by atoms with Crippen LogP contribution in [0.15, 0.2) is 48.8 Å². The van der Waals surface area contributed by atoms with Crippen molar-refractivity contribution in [2.24, 2.45) is 0 Å². The Kier molecular flexibility index (Phi) is 4.67. The summed E-state index contributed by atoms with van der Waals surface area (Å²) in [6, 6.07) is 12.2. The van der Waals surface area contributed by atoms with E-state index in [1.165, 1.54) is 13.0 Å². The number of carbonyl (C=O) groups is 2. The summed E-state index contributed by atoms with van der Waals surface area (Å²) in [7, 11) is 0. The Labute approximate surface area is 149 Å². The Hall–Kier alpha value is -3.66. The molecule has 130 valence electrons. The second-order valence-electron chi connectivity index (χ2n) is 5.83. The van der Waals surface area contributed by atoms with Gasteiger partial charge in [-0.05, 0) is 49.7 Å². The molecule has 0 radical (unpaired) electrons. The van der Waals surface area contributed by atoms with Crippen molar-refractivity contribution in [3.05, 3.63) is 65.6 Å². The number of nitrogens with zero attached hydrogens (tertiary/aromatic N) is 3. The number of nitrogens with one attached hydrogen (secondary N) is 1. The van der Waals surface area contributed by atoms with Gasteiger partial charge in [0.05, 0.1) is 11.6 Å². The molecule has 0 spiro atoms. The average molecular weight is 348 g/mol. The van der Waals surface area contributed by atoms with Crippen molar-refractivity contribution in [2.45, 2.75) is 20.0 Å². The number of pyridine rings is 1. The minimum Gasteiger partial charge on any atom is -0.448 e. The number of carbonyl (C=O) groups excluding carboxylic acids is 2. The van der Waals surface area contributed by atoms with Gasteiger partial charge in [-0.2, -0.15) is 5.26 Å². The van der Waals surface area contributed by atoms with Gasteiger partial charge in [-0.3, -0.25) is 4.79 Å². The first kappa shape index (κ1) is 17.2. The monoisotopic (exact) mass is 348 g/mol. The zero-order valence-corrected chi connectivity index (χ0v) is 14.3. The van der Waals surface area contributed by atoms with Gasteiger partial charge in [0, 0.05) is 18.1 Å². The first-order valence-electron chi connectivity index (χ1n) is 7.93. The summed E-state index contributed by atoms with van der Waals surface area (Å²) in [5.74, 6) is -1.17. The van der Waals surface area contributed by atoms with E-state index < -0.39 is 18.0 Å². The van der Waals surface area contributed by atoms with Gasteiger partial charge in [-0.1, -0.05) is 6.07 Å². The van der Waals surface area contributed by atoms with Crippen LogP contribution in [-0.4, -0.2) is 27.4 Å². The summed E-state index contributed by atoms with van der Waals surface area (Å²) in [6.07, 6.45) is 2.34. The van der Waals surface area contributed by atoms with Crippen molar-refractivity contribution >= 4 is 23.2 Å². The fraction of sp³-hybridized carbons (Fsp3) is 0.158. The van der Waals surface area contributed by atoms with E-state index in [2.05, 4.69) is 10.3 Å². The highest BCUT2D eigenvalue weighted by Gasteiger charge is 2.21. The van der Waals surface area contributed by atoms with Gasteiger partial charge in [-0.15, -0.1) is 0 Å². The SMILES string of the molecule is Cc1ccn2cc(C(=O)OC(C)C(=O)Nc3cccc(C#N)c3)nc2c1. The molecule has 0 saturated carbocycles. The number of aryl methyl sites for hydroxylation is 1. The molecule has 1 aromatic carbocycles. The summed E-state index contributed by atoms with van der Waals surface area (Å²) in [6.45, 7) is 3.40. The molecule has 2 heterocycles. The lowest BCUT2D eigenvalue weighted by Gasteiger charge is -2.12. The van der Waals surface area contributed by atoms with E-state index in [0.29, 0.717) is 16.9 Å². The predicted molar refractivity (Wildman–Crippen MR) is 94.6 cm³/mol. The maximum absolute atomic E-state index is 12.2. The van der Waals surface area contributed by atoms with E-state index in [9.17, 15) is 9.59 Å². The zero-order chi connectivity index (χ0) is 18.7. The van der Waals surface area contributed by atoms with Gasteiger partial charge in [0.15, 0.2) is 11.8 Å². The molecule has 0 saturated heterocycles. The summed E-state index contributed by atoms with van der Waals surface area (Å²) >= 11 is 0. The van der Waals surface area contributed by atoms with Gasteiger partial charge in [0.2, 0.25) is 0 Å². The number of esters is 1. The van der Waals surface area contributed by atoms with Crippen LogP contribution in [-0.2, 0) is 9.53 Å². The molecule has 7 heteroatoms. The summed E-state index contributed by atoms with van der Waals surface area (Å²) < 4.78 is 6.90. The molecule has 0 aliphatic rings. The Bertz CT molecular complexity index is 1030. The quantitative estimate of drug-likeness (QED) is 0.731. The van der Waals surface area contributed by atoms with Crippen molar-refractivity contribution in [1.82, 2.24) is 9.38 Å². The third-order valence-corrected chi connectivity index (χ3v) is 3.74.